The first-order valence-corrected chi connectivity index (χ1v) is 9.21. The molecule has 1 aliphatic heterocycles. The van der Waals surface area contributed by atoms with Gasteiger partial charge in [0.05, 0.1) is 0 Å². The smallest absolute Gasteiger partial charge is 0.272 e. The molecule has 1 aliphatic rings. The summed E-state index contributed by atoms with van der Waals surface area (Å²) in [6, 6.07) is 16.8. The van der Waals surface area contributed by atoms with Gasteiger partial charge < -0.3 is 14.7 Å². The van der Waals surface area contributed by atoms with Gasteiger partial charge in [-0.3, -0.25) is 4.79 Å². The highest BCUT2D eigenvalue weighted by Crippen LogP contribution is 2.24. The summed E-state index contributed by atoms with van der Waals surface area (Å²) in [6.07, 6.45) is 1.70. The zero-order valence-corrected chi connectivity index (χ0v) is 15.3. The number of para-hydroxylation sites is 1. The molecule has 1 saturated heterocycles. The summed E-state index contributed by atoms with van der Waals surface area (Å²) in [5.74, 6) is 0.860. The van der Waals surface area contributed by atoms with Crippen molar-refractivity contribution in [3.63, 3.8) is 0 Å². The van der Waals surface area contributed by atoms with Crippen LogP contribution in [0.15, 0.2) is 54.6 Å². The molecule has 0 atom stereocenters. The standard InChI is InChI=1S/C22H22N2O3/c1-15-5-8-17(9-6-15)27-18-11-13-24(14-12-18)22(26)19-10-7-16-3-2-4-20(25)21(16)23-19/h2-10,18,25H,11-14H2,1H3. The number of aryl methyl sites for hydroxylation is 1. The zero-order valence-electron chi connectivity index (χ0n) is 15.3. The van der Waals surface area contributed by atoms with Gasteiger partial charge in [-0.05, 0) is 31.2 Å². The lowest BCUT2D eigenvalue weighted by Gasteiger charge is -2.32. The minimum atomic E-state index is -0.103. The molecule has 0 bridgehead atoms. The Bertz CT molecular complexity index is 961. The number of nitrogens with zero attached hydrogens (tertiary/aromatic N) is 2. The second-order valence-electron chi connectivity index (χ2n) is 6.97. The van der Waals surface area contributed by atoms with E-state index in [9.17, 15) is 9.90 Å². The molecular weight excluding hydrogens is 340 g/mol. The molecule has 0 unspecified atom stereocenters. The molecule has 1 aromatic heterocycles. The van der Waals surface area contributed by atoms with E-state index in [0.29, 0.717) is 24.3 Å². The fourth-order valence-electron chi connectivity index (χ4n) is 3.40. The lowest BCUT2D eigenvalue weighted by molar-refractivity contribution is 0.0590. The molecular formula is C22H22N2O3. The fraction of sp³-hybridized carbons (Fsp3) is 0.273. The van der Waals surface area contributed by atoms with Crippen molar-refractivity contribution in [2.45, 2.75) is 25.9 Å². The van der Waals surface area contributed by atoms with Crippen molar-refractivity contribution in [3.05, 3.63) is 65.9 Å². The summed E-state index contributed by atoms with van der Waals surface area (Å²) < 4.78 is 6.03. The number of phenols is 1. The van der Waals surface area contributed by atoms with Crippen LogP contribution in [0.1, 0.15) is 28.9 Å². The molecule has 0 aliphatic carbocycles. The van der Waals surface area contributed by atoms with E-state index in [2.05, 4.69) is 11.9 Å². The van der Waals surface area contributed by atoms with E-state index >= 15 is 0 Å². The summed E-state index contributed by atoms with van der Waals surface area (Å²) in [5.41, 5.74) is 2.03. The van der Waals surface area contributed by atoms with Crippen LogP contribution in [0.2, 0.25) is 0 Å². The Kier molecular flexibility index (Phi) is 4.67. The van der Waals surface area contributed by atoms with Gasteiger partial charge in [-0.2, -0.15) is 0 Å². The zero-order chi connectivity index (χ0) is 18.8. The topological polar surface area (TPSA) is 62.7 Å². The number of fused-ring (bicyclic) bond motifs is 1. The number of aromatic hydroxyl groups is 1. The highest BCUT2D eigenvalue weighted by atomic mass is 16.5. The first-order chi connectivity index (χ1) is 13.1. The lowest BCUT2D eigenvalue weighted by Crippen LogP contribution is -2.42. The number of pyridine rings is 1. The van der Waals surface area contributed by atoms with Gasteiger partial charge >= 0.3 is 0 Å². The van der Waals surface area contributed by atoms with Crippen molar-refractivity contribution in [1.82, 2.24) is 9.88 Å². The van der Waals surface area contributed by atoms with E-state index in [0.717, 1.165) is 24.0 Å². The van der Waals surface area contributed by atoms with Crippen LogP contribution in [0.25, 0.3) is 10.9 Å². The number of piperidine rings is 1. The summed E-state index contributed by atoms with van der Waals surface area (Å²) >= 11 is 0. The maximum Gasteiger partial charge on any atom is 0.272 e. The van der Waals surface area contributed by atoms with Crippen molar-refractivity contribution < 1.29 is 14.6 Å². The molecule has 1 N–H and O–H groups in total. The lowest BCUT2D eigenvalue weighted by atomic mass is 10.1. The number of amides is 1. The number of phenolic OH excluding ortho intramolecular Hbond substituents is 1. The average Bonchev–Trinajstić information content (AvgIpc) is 2.70. The van der Waals surface area contributed by atoms with Crippen LogP contribution in [0.3, 0.4) is 0 Å². The Hall–Kier alpha value is -3.08. The minimum absolute atomic E-state index is 0.0901. The fourth-order valence-corrected chi connectivity index (χ4v) is 3.40. The molecule has 0 radical (unpaired) electrons. The molecule has 5 heteroatoms. The number of likely N-dealkylation sites (tertiary alicyclic amines) is 1. The SMILES string of the molecule is Cc1ccc(OC2CCN(C(=O)c3ccc4cccc(O)c4n3)CC2)cc1. The van der Waals surface area contributed by atoms with Crippen LogP contribution < -0.4 is 4.74 Å². The number of carbonyl (C=O) groups is 1. The molecule has 4 rings (SSSR count). The third-order valence-corrected chi connectivity index (χ3v) is 4.97. The van der Waals surface area contributed by atoms with E-state index < -0.39 is 0 Å². The molecule has 2 aromatic carbocycles. The molecule has 138 valence electrons. The molecule has 2 heterocycles. The van der Waals surface area contributed by atoms with Crippen LogP contribution in [0, 0.1) is 6.92 Å². The van der Waals surface area contributed by atoms with Crippen molar-refractivity contribution >= 4 is 16.8 Å². The summed E-state index contributed by atoms with van der Waals surface area (Å²) in [7, 11) is 0. The van der Waals surface area contributed by atoms with E-state index in [1.165, 1.54) is 5.56 Å². The second kappa shape index (κ2) is 7.27. The van der Waals surface area contributed by atoms with Crippen molar-refractivity contribution in [3.8, 4) is 11.5 Å². The van der Waals surface area contributed by atoms with Gasteiger partial charge in [0.25, 0.3) is 5.91 Å². The van der Waals surface area contributed by atoms with E-state index in [1.54, 1.807) is 18.2 Å². The Labute approximate surface area is 158 Å². The number of rotatable bonds is 3. The summed E-state index contributed by atoms with van der Waals surface area (Å²) in [6.45, 7) is 3.32. The first-order valence-electron chi connectivity index (χ1n) is 9.21. The summed E-state index contributed by atoms with van der Waals surface area (Å²) in [4.78, 5) is 19.0. The number of carbonyl (C=O) groups excluding carboxylic acids is 1. The number of ether oxygens (including phenoxy) is 1. The normalized spacial score (nSPS) is 15.1. The average molecular weight is 362 g/mol. The Balaban J connectivity index is 1.41. The molecule has 3 aromatic rings. The Morgan fingerprint density at radius 3 is 2.56 bits per heavy atom. The van der Waals surface area contributed by atoms with Gasteiger partial charge in [0.2, 0.25) is 0 Å². The third kappa shape index (κ3) is 3.72. The largest absolute Gasteiger partial charge is 0.506 e. The maximum absolute atomic E-state index is 12.8. The van der Waals surface area contributed by atoms with E-state index in [4.69, 9.17) is 4.74 Å². The van der Waals surface area contributed by atoms with E-state index in [1.807, 2.05) is 41.3 Å². The van der Waals surface area contributed by atoms with Crippen molar-refractivity contribution in [1.29, 1.82) is 0 Å². The minimum Gasteiger partial charge on any atom is -0.506 e. The van der Waals surface area contributed by atoms with Crippen LogP contribution in [-0.4, -0.2) is 40.1 Å². The number of benzene rings is 2. The Morgan fingerprint density at radius 1 is 1.07 bits per heavy atom. The Morgan fingerprint density at radius 2 is 1.81 bits per heavy atom. The molecule has 0 saturated carbocycles. The van der Waals surface area contributed by atoms with Crippen molar-refractivity contribution in [2.24, 2.45) is 0 Å². The second-order valence-corrected chi connectivity index (χ2v) is 6.97. The molecule has 0 spiro atoms. The van der Waals surface area contributed by atoms with Gasteiger partial charge in [0.1, 0.15) is 28.8 Å². The molecule has 1 fully saturated rings. The van der Waals surface area contributed by atoms with Crippen molar-refractivity contribution in [2.75, 3.05) is 13.1 Å². The van der Waals surface area contributed by atoms with Gasteiger partial charge in [0.15, 0.2) is 0 Å². The third-order valence-electron chi connectivity index (χ3n) is 4.97. The van der Waals surface area contributed by atoms with Crippen LogP contribution in [-0.2, 0) is 0 Å². The highest BCUT2D eigenvalue weighted by Gasteiger charge is 2.25. The van der Waals surface area contributed by atoms with Crippen LogP contribution in [0.4, 0.5) is 0 Å². The molecule has 27 heavy (non-hydrogen) atoms. The molecule has 5 nitrogen and oxygen atoms in total. The van der Waals surface area contributed by atoms with E-state index in [-0.39, 0.29) is 17.8 Å². The summed E-state index contributed by atoms with van der Waals surface area (Å²) in [5, 5.41) is 10.8. The number of aromatic nitrogens is 1. The van der Waals surface area contributed by atoms with Gasteiger partial charge in [-0.15, -0.1) is 0 Å². The quantitative estimate of drug-likeness (QED) is 0.767. The monoisotopic (exact) mass is 362 g/mol. The molecule has 1 amide bonds. The number of hydrogen-bond acceptors (Lipinski definition) is 4. The number of hydrogen-bond donors (Lipinski definition) is 1. The van der Waals surface area contributed by atoms with Gasteiger partial charge in [-0.25, -0.2) is 4.98 Å². The maximum atomic E-state index is 12.8. The van der Waals surface area contributed by atoms with Crippen LogP contribution >= 0.6 is 0 Å². The predicted molar refractivity (Wildman–Crippen MR) is 104 cm³/mol. The van der Waals surface area contributed by atoms with Gasteiger partial charge in [0, 0.05) is 31.3 Å². The first kappa shape index (κ1) is 17.3. The van der Waals surface area contributed by atoms with Crippen LogP contribution in [0.5, 0.6) is 11.5 Å². The highest BCUT2D eigenvalue weighted by molar-refractivity contribution is 5.96. The predicted octanol–water partition coefficient (Wildman–Crippen LogP) is 3.93. The van der Waals surface area contributed by atoms with Gasteiger partial charge in [-0.1, -0.05) is 35.9 Å².